The lowest BCUT2D eigenvalue weighted by Crippen LogP contribution is -2.37. The molecule has 0 saturated heterocycles. The Labute approximate surface area is 169 Å². The maximum Gasteiger partial charge on any atom is 0.408 e. The van der Waals surface area contributed by atoms with E-state index in [1.165, 1.54) is 0 Å². The minimum atomic E-state index is -3.90. The third-order valence-corrected chi connectivity index (χ3v) is 5.35. The highest BCUT2D eigenvalue weighted by molar-refractivity contribution is 7.90. The van der Waals surface area contributed by atoms with E-state index in [1.807, 2.05) is 13.8 Å². The predicted octanol–water partition coefficient (Wildman–Crippen LogP) is 3.92. The standard InChI is InChI=1S/C18H24ClN3O5S/c1-11(2)14(20-16(23)27-18(3,4)5)15-21-22-17(26-15)28(24,25)10-12-8-6-7-9-13(12)19/h6-9,11,14H,10H2,1-5H3,(H,20,23). The Bertz CT molecular complexity index is 935. The number of sulfone groups is 1. The largest absolute Gasteiger partial charge is 0.444 e. The lowest BCUT2D eigenvalue weighted by atomic mass is 10.1. The van der Waals surface area contributed by atoms with Crippen molar-refractivity contribution in [2.24, 2.45) is 5.92 Å². The second kappa shape index (κ2) is 8.48. The highest BCUT2D eigenvalue weighted by Crippen LogP contribution is 2.25. The SMILES string of the molecule is CC(C)C(NC(=O)OC(C)(C)C)c1nnc(S(=O)(=O)Cc2ccccc2Cl)o1. The fourth-order valence-electron chi connectivity index (χ4n) is 2.30. The van der Waals surface area contributed by atoms with Crippen LogP contribution in [0.2, 0.25) is 5.02 Å². The molecule has 0 aliphatic carbocycles. The first-order valence-corrected chi connectivity index (χ1v) is 10.7. The van der Waals surface area contributed by atoms with Crippen LogP contribution in [0.15, 0.2) is 33.9 Å². The van der Waals surface area contributed by atoms with Gasteiger partial charge in [0.2, 0.25) is 15.7 Å². The Morgan fingerprint density at radius 1 is 1.25 bits per heavy atom. The van der Waals surface area contributed by atoms with Crippen molar-refractivity contribution in [2.45, 2.75) is 57.2 Å². The maximum atomic E-state index is 12.6. The van der Waals surface area contributed by atoms with Gasteiger partial charge in [-0.25, -0.2) is 13.2 Å². The first-order valence-electron chi connectivity index (χ1n) is 8.68. The van der Waals surface area contributed by atoms with E-state index in [-0.39, 0.29) is 17.6 Å². The Balaban J connectivity index is 2.22. The topological polar surface area (TPSA) is 111 Å². The van der Waals surface area contributed by atoms with E-state index in [4.69, 9.17) is 20.8 Å². The number of nitrogens with zero attached hydrogens (tertiary/aromatic N) is 2. The Hall–Kier alpha value is -2.13. The molecule has 0 saturated carbocycles. The molecule has 1 aromatic heterocycles. The molecule has 2 rings (SSSR count). The van der Waals surface area contributed by atoms with E-state index in [0.717, 1.165) is 0 Å². The molecular formula is C18H24ClN3O5S. The van der Waals surface area contributed by atoms with Crippen LogP contribution in [0.5, 0.6) is 0 Å². The van der Waals surface area contributed by atoms with Gasteiger partial charge in [0.05, 0.1) is 5.75 Å². The highest BCUT2D eigenvalue weighted by atomic mass is 35.5. The summed E-state index contributed by atoms with van der Waals surface area (Å²) < 4.78 is 35.8. The van der Waals surface area contributed by atoms with Crippen LogP contribution in [0, 0.1) is 5.92 Å². The van der Waals surface area contributed by atoms with E-state index in [2.05, 4.69) is 15.5 Å². The molecule has 1 amide bonds. The molecule has 1 unspecified atom stereocenters. The summed E-state index contributed by atoms with van der Waals surface area (Å²) in [5, 5.41) is 9.92. The summed E-state index contributed by atoms with van der Waals surface area (Å²) in [6.07, 6.45) is -0.662. The van der Waals surface area contributed by atoms with Crippen molar-refractivity contribution in [3.05, 3.63) is 40.7 Å². The van der Waals surface area contributed by atoms with E-state index in [9.17, 15) is 13.2 Å². The van der Waals surface area contributed by atoms with Crippen molar-refractivity contribution in [1.29, 1.82) is 0 Å². The lowest BCUT2D eigenvalue weighted by molar-refractivity contribution is 0.0477. The van der Waals surface area contributed by atoms with Crippen LogP contribution in [-0.2, 0) is 20.3 Å². The Kier molecular flexibility index (Phi) is 6.71. The van der Waals surface area contributed by atoms with Crippen LogP contribution in [0.25, 0.3) is 0 Å². The molecule has 1 N–H and O–H groups in total. The molecule has 154 valence electrons. The first-order chi connectivity index (χ1) is 12.9. The van der Waals surface area contributed by atoms with Crippen molar-refractivity contribution in [2.75, 3.05) is 0 Å². The smallest absolute Gasteiger partial charge is 0.408 e. The summed E-state index contributed by atoms with van der Waals surface area (Å²) in [6.45, 7) is 8.86. The number of hydrogen-bond donors (Lipinski definition) is 1. The zero-order valence-electron chi connectivity index (χ0n) is 16.4. The number of halogens is 1. The van der Waals surface area contributed by atoms with Crippen LogP contribution >= 0.6 is 11.6 Å². The van der Waals surface area contributed by atoms with Gasteiger partial charge in [0.15, 0.2) is 0 Å². The van der Waals surface area contributed by atoms with Crippen LogP contribution in [0.1, 0.15) is 52.1 Å². The third-order valence-electron chi connectivity index (χ3n) is 3.60. The number of hydrogen-bond acceptors (Lipinski definition) is 7. The fraction of sp³-hybridized carbons (Fsp3) is 0.500. The number of amides is 1. The van der Waals surface area contributed by atoms with Gasteiger partial charge in [-0.15, -0.1) is 5.10 Å². The molecule has 10 heteroatoms. The highest BCUT2D eigenvalue weighted by Gasteiger charge is 2.30. The van der Waals surface area contributed by atoms with Gasteiger partial charge in [0, 0.05) is 5.02 Å². The molecule has 1 heterocycles. The summed E-state index contributed by atoms with van der Waals surface area (Å²) in [6, 6.07) is 5.91. The molecule has 0 aliphatic heterocycles. The zero-order chi connectivity index (χ0) is 21.1. The number of nitrogens with one attached hydrogen (secondary N) is 1. The van der Waals surface area contributed by atoms with Crippen LogP contribution in [-0.4, -0.2) is 30.3 Å². The van der Waals surface area contributed by atoms with Gasteiger partial charge in [-0.3, -0.25) is 0 Å². The minimum Gasteiger partial charge on any atom is -0.444 e. The molecule has 1 aromatic carbocycles. The number of carbonyl (C=O) groups is 1. The van der Waals surface area contributed by atoms with Crippen LogP contribution in [0.4, 0.5) is 4.79 Å². The van der Waals surface area contributed by atoms with Gasteiger partial charge < -0.3 is 14.5 Å². The molecule has 0 radical (unpaired) electrons. The summed E-state index contributed by atoms with van der Waals surface area (Å²) >= 11 is 6.03. The van der Waals surface area contributed by atoms with E-state index < -0.39 is 32.8 Å². The molecule has 0 fully saturated rings. The normalized spacial score (nSPS) is 13.4. The molecule has 0 spiro atoms. The Morgan fingerprint density at radius 3 is 2.46 bits per heavy atom. The van der Waals surface area contributed by atoms with E-state index in [1.54, 1.807) is 45.0 Å². The van der Waals surface area contributed by atoms with Crippen molar-refractivity contribution in [3.63, 3.8) is 0 Å². The molecule has 2 aromatic rings. The number of ether oxygens (including phenoxy) is 1. The summed E-state index contributed by atoms with van der Waals surface area (Å²) in [7, 11) is -3.90. The van der Waals surface area contributed by atoms with E-state index in [0.29, 0.717) is 10.6 Å². The van der Waals surface area contributed by atoms with Gasteiger partial charge in [0.1, 0.15) is 11.6 Å². The van der Waals surface area contributed by atoms with Gasteiger partial charge in [-0.2, -0.15) is 0 Å². The fourth-order valence-corrected chi connectivity index (χ4v) is 3.75. The molecule has 0 bridgehead atoms. The predicted molar refractivity (Wildman–Crippen MR) is 104 cm³/mol. The van der Waals surface area contributed by atoms with Crippen molar-refractivity contribution < 1.29 is 22.4 Å². The quantitative estimate of drug-likeness (QED) is 0.740. The molecular weight excluding hydrogens is 406 g/mol. The minimum absolute atomic E-state index is 0.0152. The number of benzene rings is 1. The molecule has 28 heavy (non-hydrogen) atoms. The first kappa shape index (κ1) is 22.2. The molecule has 1 atom stereocenters. The van der Waals surface area contributed by atoms with Crippen molar-refractivity contribution in [3.8, 4) is 0 Å². The van der Waals surface area contributed by atoms with Gasteiger partial charge in [-0.1, -0.05) is 48.7 Å². The lowest BCUT2D eigenvalue weighted by Gasteiger charge is -2.23. The second-order valence-corrected chi connectivity index (χ2v) is 9.90. The number of rotatable bonds is 6. The van der Waals surface area contributed by atoms with Gasteiger partial charge in [0.25, 0.3) is 0 Å². The monoisotopic (exact) mass is 429 g/mol. The summed E-state index contributed by atoms with van der Waals surface area (Å²) in [5.74, 6) is -0.536. The maximum absolute atomic E-state index is 12.6. The van der Waals surface area contributed by atoms with Gasteiger partial charge >= 0.3 is 11.3 Å². The third kappa shape index (κ3) is 5.93. The Morgan fingerprint density at radius 2 is 1.89 bits per heavy atom. The van der Waals surface area contributed by atoms with Crippen molar-refractivity contribution >= 4 is 27.5 Å². The average Bonchev–Trinajstić information content (AvgIpc) is 3.03. The zero-order valence-corrected chi connectivity index (χ0v) is 18.0. The van der Waals surface area contributed by atoms with Crippen LogP contribution < -0.4 is 5.32 Å². The average molecular weight is 430 g/mol. The van der Waals surface area contributed by atoms with Crippen LogP contribution in [0.3, 0.4) is 0 Å². The molecule has 8 nitrogen and oxygen atoms in total. The summed E-state index contributed by atoms with van der Waals surface area (Å²) in [4.78, 5) is 12.1. The number of alkyl carbamates (subject to hydrolysis) is 1. The molecule has 0 aliphatic rings. The van der Waals surface area contributed by atoms with Gasteiger partial charge in [-0.05, 0) is 38.3 Å². The second-order valence-electron chi connectivity index (χ2n) is 7.62. The van der Waals surface area contributed by atoms with E-state index >= 15 is 0 Å². The van der Waals surface area contributed by atoms with Crippen molar-refractivity contribution in [1.82, 2.24) is 15.5 Å². The number of carbonyl (C=O) groups excluding carboxylic acids is 1. The summed E-state index contributed by atoms with van der Waals surface area (Å²) in [5.41, 5.74) is -0.250. The number of aromatic nitrogens is 2.